The Morgan fingerprint density at radius 2 is 1.47 bits per heavy atom. The summed E-state index contributed by atoms with van der Waals surface area (Å²) in [7, 11) is 0. The van der Waals surface area contributed by atoms with Gasteiger partial charge in [0.2, 0.25) is 0 Å². The van der Waals surface area contributed by atoms with Crippen molar-refractivity contribution in [3.63, 3.8) is 0 Å². The monoisotopic (exact) mass is 255 g/mol. The lowest BCUT2D eigenvalue weighted by atomic mass is 10.1. The van der Waals surface area contributed by atoms with Crippen molar-refractivity contribution in [2.75, 3.05) is 5.32 Å². The van der Waals surface area contributed by atoms with Crippen molar-refractivity contribution in [3.05, 3.63) is 59.2 Å². The first-order chi connectivity index (χ1) is 9.17. The highest BCUT2D eigenvalue weighted by Gasteiger charge is 2.14. The average Bonchev–Trinajstić information content (AvgIpc) is 2.45. The molecule has 0 aliphatic rings. The van der Waals surface area contributed by atoms with Gasteiger partial charge in [0.05, 0.1) is 22.5 Å². The van der Waals surface area contributed by atoms with Crippen LogP contribution in [-0.4, -0.2) is 0 Å². The summed E-state index contributed by atoms with van der Waals surface area (Å²) in [6.07, 6.45) is 0. The molecule has 0 spiro atoms. The number of rotatable bonds is 2. The molecule has 5 heteroatoms. The molecule has 0 aliphatic carbocycles. The van der Waals surface area contributed by atoms with Gasteiger partial charge >= 0.3 is 0 Å². The second-order valence-electron chi connectivity index (χ2n) is 3.68. The molecule has 0 saturated carbocycles. The zero-order valence-electron chi connectivity index (χ0n) is 9.61. The van der Waals surface area contributed by atoms with Crippen LogP contribution in [0.4, 0.5) is 20.2 Å². The maximum atomic E-state index is 13.7. The Kier molecular flexibility index (Phi) is 3.40. The Morgan fingerprint density at radius 3 is 2.16 bits per heavy atom. The van der Waals surface area contributed by atoms with E-state index in [2.05, 4.69) is 5.32 Å². The standard InChI is InChI=1S/C14H7F2N3/c15-13-10(8-18)5-6-12(14(13)16)19-11-4-2-1-3-9(11)7-17/h1-6,19H. The fourth-order valence-corrected chi connectivity index (χ4v) is 1.57. The van der Waals surface area contributed by atoms with E-state index < -0.39 is 11.6 Å². The second-order valence-corrected chi connectivity index (χ2v) is 3.68. The highest BCUT2D eigenvalue weighted by molar-refractivity contribution is 5.67. The number of anilines is 2. The van der Waals surface area contributed by atoms with Gasteiger partial charge in [0.15, 0.2) is 11.6 Å². The molecular formula is C14H7F2N3. The third-order valence-electron chi connectivity index (χ3n) is 2.52. The first-order valence-corrected chi connectivity index (χ1v) is 5.31. The number of halogens is 2. The summed E-state index contributed by atoms with van der Waals surface area (Å²) in [6, 6.07) is 12.4. The lowest BCUT2D eigenvalue weighted by molar-refractivity contribution is 0.509. The van der Waals surface area contributed by atoms with Gasteiger partial charge in [-0.05, 0) is 24.3 Å². The average molecular weight is 255 g/mol. The first-order valence-electron chi connectivity index (χ1n) is 5.31. The minimum Gasteiger partial charge on any atom is -0.352 e. The van der Waals surface area contributed by atoms with Gasteiger partial charge in [0, 0.05) is 0 Å². The van der Waals surface area contributed by atoms with Crippen molar-refractivity contribution in [1.29, 1.82) is 10.5 Å². The molecule has 0 amide bonds. The number of nitrogens with one attached hydrogen (secondary N) is 1. The van der Waals surface area contributed by atoms with Crippen LogP contribution in [0, 0.1) is 34.3 Å². The van der Waals surface area contributed by atoms with Gasteiger partial charge < -0.3 is 5.32 Å². The van der Waals surface area contributed by atoms with Crippen LogP contribution in [-0.2, 0) is 0 Å². The third-order valence-corrected chi connectivity index (χ3v) is 2.52. The van der Waals surface area contributed by atoms with E-state index in [1.165, 1.54) is 12.1 Å². The molecule has 0 heterocycles. The molecule has 2 aromatic rings. The smallest absolute Gasteiger partial charge is 0.183 e. The number of nitriles is 2. The van der Waals surface area contributed by atoms with E-state index >= 15 is 0 Å². The lowest BCUT2D eigenvalue weighted by Gasteiger charge is -2.09. The quantitative estimate of drug-likeness (QED) is 0.894. The number of para-hydroxylation sites is 1. The Bertz CT molecular complexity index is 712. The molecule has 0 unspecified atom stereocenters. The minimum absolute atomic E-state index is 0.126. The van der Waals surface area contributed by atoms with E-state index in [1.807, 2.05) is 6.07 Å². The predicted octanol–water partition coefficient (Wildman–Crippen LogP) is 3.45. The van der Waals surface area contributed by atoms with E-state index in [4.69, 9.17) is 10.5 Å². The summed E-state index contributed by atoms with van der Waals surface area (Å²) in [5, 5.41) is 20.1. The Hall–Kier alpha value is -2.92. The molecule has 2 aromatic carbocycles. The van der Waals surface area contributed by atoms with Gasteiger partial charge in [0.1, 0.15) is 12.1 Å². The molecule has 0 bridgehead atoms. The van der Waals surface area contributed by atoms with Crippen LogP contribution < -0.4 is 5.32 Å². The van der Waals surface area contributed by atoms with Crippen LogP contribution in [0.25, 0.3) is 0 Å². The van der Waals surface area contributed by atoms with Crippen LogP contribution in [0.3, 0.4) is 0 Å². The topological polar surface area (TPSA) is 59.6 Å². The van der Waals surface area contributed by atoms with Crippen molar-refractivity contribution in [2.24, 2.45) is 0 Å². The number of hydrogen-bond acceptors (Lipinski definition) is 3. The molecule has 19 heavy (non-hydrogen) atoms. The van der Waals surface area contributed by atoms with E-state index in [-0.39, 0.29) is 11.3 Å². The summed E-state index contributed by atoms with van der Waals surface area (Å²) < 4.78 is 27.1. The summed E-state index contributed by atoms with van der Waals surface area (Å²) in [5.74, 6) is -2.35. The van der Waals surface area contributed by atoms with Crippen molar-refractivity contribution < 1.29 is 8.78 Å². The van der Waals surface area contributed by atoms with Crippen molar-refractivity contribution in [3.8, 4) is 12.1 Å². The highest BCUT2D eigenvalue weighted by atomic mass is 19.2. The summed E-state index contributed by atoms with van der Waals surface area (Å²) >= 11 is 0. The van der Waals surface area contributed by atoms with Crippen LogP contribution in [0.1, 0.15) is 11.1 Å². The normalized spacial score (nSPS) is 9.47. The van der Waals surface area contributed by atoms with Crippen molar-refractivity contribution >= 4 is 11.4 Å². The zero-order chi connectivity index (χ0) is 13.8. The zero-order valence-corrected chi connectivity index (χ0v) is 9.61. The Morgan fingerprint density at radius 1 is 0.789 bits per heavy atom. The van der Waals surface area contributed by atoms with Crippen molar-refractivity contribution in [2.45, 2.75) is 0 Å². The minimum atomic E-state index is -1.21. The largest absolute Gasteiger partial charge is 0.352 e. The molecule has 0 atom stereocenters. The molecule has 1 N–H and O–H groups in total. The van der Waals surface area contributed by atoms with Gasteiger partial charge in [-0.2, -0.15) is 10.5 Å². The van der Waals surface area contributed by atoms with Crippen molar-refractivity contribution in [1.82, 2.24) is 0 Å². The van der Waals surface area contributed by atoms with Crippen LogP contribution in [0.15, 0.2) is 36.4 Å². The number of hydrogen-bond donors (Lipinski definition) is 1. The van der Waals surface area contributed by atoms with Crippen LogP contribution in [0.5, 0.6) is 0 Å². The van der Waals surface area contributed by atoms with Crippen LogP contribution in [0.2, 0.25) is 0 Å². The summed E-state index contributed by atoms with van der Waals surface area (Å²) in [5.41, 5.74) is 0.190. The molecule has 0 saturated heterocycles. The number of nitrogens with zero attached hydrogens (tertiary/aromatic N) is 2. The van der Waals surface area contributed by atoms with Crippen LogP contribution >= 0.6 is 0 Å². The molecule has 0 radical (unpaired) electrons. The molecule has 3 nitrogen and oxygen atoms in total. The molecule has 2 rings (SSSR count). The fourth-order valence-electron chi connectivity index (χ4n) is 1.57. The Balaban J connectivity index is 2.43. The number of benzene rings is 2. The lowest BCUT2D eigenvalue weighted by Crippen LogP contribution is -2.00. The van der Waals surface area contributed by atoms with Gasteiger partial charge in [-0.3, -0.25) is 0 Å². The maximum Gasteiger partial charge on any atom is 0.183 e. The van der Waals surface area contributed by atoms with E-state index in [9.17, 15) is 8.78 Å². The predicted molar refractivity (Wildman–Crippen MR) is 65.5 cm³/mol. The molecule has 0 fully saturated rings. The molecular weight excluding hydrogens is 248 g/mol. The molecule has 0 aliphatic heterocycles. The highest BCUT2D eigenvalue weighted by Crippen LogP contribution is 2.25. The van der Waals surface area contributed by atoms with E-state index in [0.29, 0.717) is 11.3 Å². The SMILES string of the molecule is N#Cc1ccccc1Nc1ccc(C#N)c(F)c1F. The summed E-state index contributed by atoms with van der Waals surface area (Å²) in [6.45, 7) is 0. The second kappa shape index (κ2) is 5.16. The molecule has 92 valence electrons. The molecule has 0 aromatic heterocycles. The van der Waals surface area contributed by atoms with Gasteiger partial charge in [0.25, 0.3) is 0 Å². The van der Waals surface area contributed by atoms with Gasteiger partial charge in [-0.1, -0.05) is 12.1 Å². The first kappa shape index (κ1) is 12.5. The maximum absolute atomic E-state index is 13.7. The third kappa shape index (κ3) is 2.36. The fraction of sp³-hybridized carbons (Fsp3) is 0. The summed E-state index contributed by atoms with van der Waals surface area (Å²) in [4.78, 5) is 0. The van der Waals surface area contributed by atoms with E-state index in [1.54, 1.807) is 30.3 Å². The van der Waals surface area contributed by atoms with E-state index in [0.717, 1.165) is 0 Å². The Labute approximate surface area is 108 Å². The van der Waals surface area contributed by atoms with Gasteiger partial charge in [-0.15, -0.1) is 0 Å². The van der Waals surface area contributed by atoms with Gasteiger partial charge in [-0.25, -0.2) is 8.78 Å².